The third-order valence-corrected chi connectivity index (χ3v) is 5.82. The number of ether oxygens (including phenoxy) is 2. The van der Waals surface area contributed by atoms with Gasteiger partial charge in [0.1, 0.15) is 17.1 Å². The van der Waals surface area contributed by atoms with Gasteiger partial charge in [0.2, 0.25) is 0 Å². The van der Waals surface area contributed by atoms with E-state index in [0.717, 1.165) is 0 Å². The van der Waals surface area contributed by atoms with E-state index in [9.17, 15) is 13.2 Å². The van der Waals surface area contributed by atoms with Gasteiger partial charge in [-0.15, -0.1) is 0 Å². The Balaban J connectivity index is 1.78. The molecule has 0 aliphatic rings. The number of methoxy groups -OCH3 is 2. The summed E-state index contributed by atoms with van der Waals surface area (Å²) in [5.74, 6) is 0.274. The van der Waals surface area contributed by atoms with E-state index >= 15 is 0 Å². The minimum Gasteiger partial charge on any atom is -0.496 e. The summed E-state index contributed by atoms with van der Waals surface area (Å²) in [6.45, 7) is 0. The van der Waals surface area contributed by atoms with Gasteiger partial charge in [-0.05, 0) is 60.7 Å². The third-order valence-electron chi connectivity index (χ3n) is 4.17. The van der Waals surface area contributed by atoms with Gasteiger partial charge in [-0.2, -0.15) is 0 Å². The van der Waals surface area contributed by atoms with E-state index in [1.165, 1.54) is 38.5 Å². The lowest BCUT2D eigenvalue weighted by molar-refractivity contribution is 0.102. The zero-order valence-corrected chi connectivity index (χ0v) is 17.8. The molecular formula is C21H19ClN2O5S. The van der Waals surface area contributed by atoms with Crippen LogP contribution >= 0.6 is 11.6 Å². The number of halogens is 1. The highest BCUT2D eigenvalue weighted by molar-refractivity contribution is 7.92. The minimum atomic E-state index is -3.79. The number of nitrogens with one attached hydrogen (secondary N) is 2. The summed E-state index contributed by atoms with van der Waals surface area (Å²) in [4.78, 5) is 12.8. The van der Waals surface area contributed by atoms with E-state index in [0.29, 0.717) is 27.9 Å². The minimum absolute atomic E-state index is 0.0466. The van der Waals surface area contributed by atoms with Crippen LogP contribution in [0.5, 0.6) is 11.5 Å². The van der Waals surface area contributed by atoms with E-state index in [1.807, 2.05) is 0 Å². The number of carbonyl (C=O) groups is 1. The van der Waals surface area contributed by atoms with Crippen molar-refractivity contribution in [2.24, 2.45) is 0 Å². The van der Waals surface area contributed by atoms with Gasteiger partial charge in [0.25, 0.3) is 15.9 Å². The van der Waals surface area contributed by atoms with Gasteiger partial charge in [-0.3, -0.25) is 9.52 Å². The summed E-state index contributed by atoms with van der Waals surface area (Å²) < 4.78 is 38.0. The van der Waals surface area contributed by atoms with Crippen molar-refractivity contribution in [3.05, 3.63) is 77.3 Å². The van der Waals surface area contributed by atoms with Gasteiger partial charge in [0, 0.05) is 16.4 Å². The second-order valence-corrected chi connectivity index (χ2v) is 8.25. The molecule has 0 saturated heterocycles. The Morgan fingerprint density at radius 2 is 1.37 bits per heavy atom. The molecule has 0 aromatic heterocycles. The average Bonchev–Trinajstić information content (AvgIpc) is 2.74. The molecular weight excluding hydrogens is 428 g/mol. The van der Waals surface area contributed by atoms with Crippen LogP contribution in [-0.2, 0) is 10.0 Å². The Labute approximate surface area is 179 Å². The Hall–Kier alpha value is -3.23. The Kier molecular flexibility index (Phi) is 6.49. The molecule has 0 saturated carbocycles. The van der Waals surface area contributed by atoms with Crippen molar-refractivity contribution in [1.29, 1.82) is 0 Å². The summed E-state index contributed by atoms with van der Waals surface area (Å²) >= 11 is 5.81. The second kappa shape index (κ2) is 9.06. The molecule has 0 bridgehead atoms. The summed E-state index contributed by atoms with van der Waals surface area (Å²) in [6, 6.07) is 17.1. The van der Waals surface area contributed by atoms with Crippen molar-refractivity contribution in [1.82, 2.24) is 0 Å². The zero-order valence-electron chi connectivity index (χ0n) is 16.2. The number of benzene rings is 3. The van der Waals surface area contributed by atoms with E-state index in [2.05, 4.69) is 10.0 Å². The molecule has 3 aromatic rings. The predicted molar refractivity (Wildman–Crippen MR) is 116 cm³/mol. The molecule has 1 amide bonds. The van der Waals surface area contributed by atoms with E-state index in [4.69, 9.17) is 21.1 Å². The monoisotopic (exact) mass is 446 g/mol. The summed E-state index contributed by atoms with van der Waals surface area (Å²) in [6.07, 6.45) is 0. The van der Waals surface area contributed by atoms with Crippen molar-refractivity contribution in [2.45, 2.75) is 4.90 Å². The second-order valence-electron chi connectivity index (χ2n) is 6.13. The predicted octanol–water partition coefficient (Wildman–Crippen LogP) is 4.41. The van der Waals surface area contributed by atoms with Crippen molar-refractivity contribution >= 4 is 38.9 Å². The lowest BCUT2D eigenvalue weighted by atomic mass is 10.1. The maximum absolute atomic E-state index is 12.7. The smallest absolute Gasteiger partial charge is 0.263 e. The molecule has 0 radical (unpaired) electrons. The molecule has 7 nitrogen and oxygen atoms in total. The number of rotatable bonds is 7. The normalized spacial score (nSPS) is 10.9. The first kappa shape index (κ1) is 21.5. The molecule has 9 heteroatoms. The molecule has 0 atom stereocenters. The van der Waals surface area contributed by atoms with Gasteiger partial charge in [-0.1, -0.05) is 17.7 Å². The van der Waals surface area contributed by atoms with Gasteiger partial charge < -0.3 is 14.8 Å². The first-order valence-corrected chi connectivity index (χ1v) is 10.6. The van der Waals surface area contributed by atoms with Gasteiger partial charge in [0.05, 0.1) is 19.1 Å². The molecule has 0 spiro atoms. The first-order chi connectivity index (χ1) is 14.3. The number of anilines is 2. The molecule has 0 unspecified atom stereocenters. The third kappa shape index (κ3) is 4.84. The molecule has 0 fully saturated rings. The molecule has 2 N–H and O–H groups in total. The van der Waals surface area contributed by atoms with E-state index in [-0.39, 0.29) is 10.5 Å². The van der Waals surface area contributed by atoms with E-state index in [1.54, 1.807) is 42.5 Å². The van der Waals surface area contributed by atoms with Crippen LogP contribution in [0.4, 0.5) is 11.4 Å². The molecule has 0 aliphatic heterocycles. The highest BCUT2D eigenvalue weighted by atomic mass is 35.5. The van der Waals surface area contributed by atoms with Crippen molar-refractivity contribution in [3.8, 4) is 11.5 Å². The fraction of sp³-hybridized carbons (Fsp3) is 0.0952. The summed E-state index contributed by atoms with van der Waals surface area (Å²) in [5.41, 5.74) is 1.04. The fourth-order valence-electron chi connectivity index (χ4n) is 2.72. The van der Waals surface area contributed by atoms with Crippen LogP contribution in [-0.4, -0.2) is 28.5 Å². The molecule has 0 heterocycles. The van der Waals surface area contributed by atoms with E-state index < -0.39 is 15.9 Å². The van der Waals surface area contributed by atoms with Gasteiger partial charge in [0.15, 0.2) is 0 Å². The maximum atomic E-state index is 12.7. The molecule has 3 aromatic carbocycles. The SMILES string of the molecule is COc1cccc(OC)c1C(=O)Nc1ccc(S(=O)(=O)Nc2ccc(Cl)cc2)cc1. The quantitative estimate of drug-likeness (QED) is 0.560. The molecule has 30 heavy (non-hydrogen) atoms. The highest BCUT2D eigenvalue weighted by Gasteiger charge is 2.19. The van der Waals surface area contributed by atoms with Crippen molar-refractivity contribution < 1.29 is 22.7 Å². The molecule has 3 rings (SSSR count). The van der Waals surface area contributed by atoms with Crippen LogP contribution in [0.1, 0.15) is 10.4 Å². The Morgan fingerprint density at radius 1 is 0.833 bits per heavy atom. The van der Waals surface area contributed by atoms with Crippen LogP contribution in [0, 0.1) is 0 Å². The van der Waals surface area contributed by atoms with Crippen LogP contribution in [0.15, 0.2) is 71.6 Å². The summed E-state index contributed by atoms with van der Waals surface area (Å²) in [5, 5.41) is 3.22. The number of hydrogen-bond acceptors (Lipinski definition) is 5. The lowest BCUT2D eigenvalue weighted by Crippen LogP contribution is -2.15. The topological polar surface area (TPSA) is 93.7 Å². The standard InChI is InChI=1S/C21H19ClN2O5S/c1-28-18-4-3-5-19(29-2)20(18)21(25)23-15-10-12-17(13-11-15)30(26,27)24-16-8-6-14(22)7-9-16/h3-13,24H,1-2H3,(H,23,25). The summed E-state index contributed by atoms with van der Waals surface area (Å²) in [7, 11) is -0.876. The van der Waals surface area contributed by atoms with Crippen LogP contribution in [0.25, 0.3) is 0 Å². The largest absolute Gasteiger partial charge is 0.496 e. The number of carbonyl (C=O) groups excluding carboxylic acids is 1. The number of amides is 1. The van der Waals surface area contributed by atoms with Crippen molar-refractivity contribution in [2.75, 3.05) is 24.3 Å². The molecule has 156 valence electrons. The highest BCUT2D eigenvalue weighted by Crippen LogP contribution is 2.29. The maximum Gasteiger partial charge on any atom is 0.263 e. The number of sulfonamides is 1. The lowest BCUT2D eigenvalue weighted by Gasteiger charge is -2.13. The first-order valence-electron chi connectivity index (χ1n) is 8.75. The Bertz CT molecular complexity index is 1120. The zero-order chi connectivity index (χ0) is 21.7. The van der Waals surface area contributed by atoms with Crippen LogP contribution < -0.4 is 19.5 Å². The Morgan fingerprint density at radius 3 is 1.90 bits per heavy atom. The number of hydrogen-bond donors (Lipinski definition) is 2. The fourth-order valence-corrected chi connectivity index (χ4v) is 3.90. The van der Waals surface area contributed by atoms with Gasteiger partial charge in [-0.25, -0.2) is 8.42 Å². The molecule has 0 aliphatic carbocycles. The van der Waals surface area contributed by atoms with Crippen molar-refractivity contribution in [3.63, 3.8) is 0 Å². The van der Waals surface area contributed by atoms with Crippen LogP contribution in [0.3, 0.4) is 0 Å². The van der Waals surface area contributed by atoms with Crippen LogP contribution in [0.2, 0.25) is 5.02 Å². The van der Waals surface area contributed by atoms with Gasteiger partial charge >= 0.3 is 0 Å². The average molecular weight is 447 g/mol.